The predicted molar refractivity (Wildman–Crippen MR) is 109 cm³/mol. The summed E-state index contributed by atoms with van der Waals surface area (Å²) in [5, 5.41) is 2.40. The van der Waals surface area contributed by atoms with E-state index in [1.165, 1.54) is 36.4 Å². The molecule has 0 saturated carbocycles. The minimum absolute atomic E-state index is 0.0990. The van der Waals surface area contributed by atoms with Gasteiger partial charge in [-0.15, -0.1) is 0 Å². The van der Waals surface area contributed by atoms with Crippen LogP contribution in [0.5, 0.6) is 17.2 Å². The van der Waals surface area contributed by atoms with Crippen molar-refractivity contribution in [2.45, 2.75) is 20.5 Å². The number of hydrogen-bond acceptors (Lipinski definition) is 7. The number of benzene rings is 2. The molecule has 1 N–H and O–H groups in total. The predicted octanol–water partition coefficient (Wildman–Crippen LogP) is 3.24. The fourth-order valence-electron chi connectivity index (χ4n) is 2.55. The van der Waals surface area contributed by atoms with E-state index in [1.807, 2.05) is 6.92 Å². The van der Waals surface area contributed by atoms with E-state index < -0.39 is 37.4 Å². The van der Waals surface area contributed by atoms with Gasteiger partial charge < -0.3 is 24.3 Å². The molecule has 2 aromatic rings. The van der Waals surface area contributed by atoms with Crippen molar-refractivity contribution in [3.8, 4) is 17.2 Å². The van der Waals surface area contributed by atoms with Crippen molar-refractivity contribution in [1.82, 2.24) is 5.32 Å². The summed E-state index contributed by atoms with van der Waals surface area (Å²) in [4.78, 5) is 36.2. The summed E-state index contributed by atoms with van der Waals surface area (Å²) in [7, 11) is 0. The van der Waals surface area contributed by atoms with E-state index in [-0.39, 0.29) is 16.9 Å². The van der Waals surface area contributed by atoms with Gasteiger partial charge in [0.15, 0.2) is 23.9 Å². The third kappa shape index (κ3) is 7.53. The van der Waals surface area contributed by atoms with E-state index in [1.54, 1.807) is 13.0 Å². The van der Waals surface area contributed by atoms with Crippen LogP contribution in [0.3, 0.4) is 0 Å². The van der Waals surface area contributed by atoms with E-state index in [0.717, 1.165) is 0 Å². The molecule has 2 aromatic carbocycles. The van der Waals surface area contributed by atoms with Crippen LogP contribution in [0.25, 0.3) is 0 Å². The number of rotatable bonds is 12. The van der Waals surface area contributed by atoms with Gasteiger partial charge in [0, 0.05) is 11.1 Å². The van der Waals surface area contributed by atoms with Crippen LogP contribution in [0.2, 0.25) is 0 Å². The summed E-state index contributed by atoms with van der Waals surface area (Å²) >= 11 is 0. The molecule has 0 aromatic heterocycles. The molecule has 0 atom stereocenters. The van der Waals surface area contributed by atoms with Crippen molar-refractivity contribution in [1.29, 1.82) is 0 Å². The number of amides is 1. The molecule has 172 valence electrons. The average molecular weight is 451 g/mol. The molecule has 10 heteroatoms. The summed E-state index contributed by atoms with van der Waals surface area (Å²) in [5.41, 5.74) is 0.410. The van der Waals surface area contributed by atoms with Crippen LogP contribution in [0.4, 0.5) is 8.78 Å². The molecular formula is C22H23F2NO7. The Hall–Kier alpha value is -3.69. The van der Waals surface area contributed by atoms with Crippen LogP contribution in [-0.4, -0.2) is 50.6 Å². The van der Waals surface area contributed by atoms with Crippen LogP contribution >= 0.6 is 0 Å². The Bertz CT molecular complexity index is 932. The van der Waals surface area contributed by atoms with Gasteiger partial charge in [0.1, 0.15) is 12.3 Å². The molecule has 0 fully saturated rings. The quantitative estimate of drug-likeness (QED) is 0.391. The SMILES string of the molecule is CCOc1ccc(C(=O)NCC(=O)OCC(=O)c2ccc(OC(F)F)cc2)cc1OCC. The molecule has 0 spiro atoms. The standard InChI is InChI=1S/C22H23F2NO7/c1-3-29-18-10-7-15(11-19(18)30-4-2)21(28)25-12-20(27)31-13-17(26)14-5-8-16(9-6-14)32-22(23)24/h5-11,22H,3-4,12-13H2,1-2H3,(H,25,28). The topological polar surface area (TPSA) is 100 Å². The number of carbonyl (C=O) groups is 3. The van der Waals surface area contributed by atoms with Crippen LogP contribution in [0.1, 0.15) is 34.6 Å². The maximum absolute atomic E-state index is 12.3. The molecule has 8 nitrogen and oxygen atoms in total. The Labute approximate surface area is 183 Å². The van der Waals surface area contributed by atoms with E-state index in [0.29, 0.717) is 24.7 Å². The largest absolute Gasteiger partial charge is 0.490 e. The van der Waals surface area contributed by atoms with Crippen LogP contribution in [0.15, 0.2) is 42.5 Å². The van der Waals surface area contributed by atoms with Gasteiger partial charge in [-0.05, 0) is 56.3 Å². The van der Waals surface area contributed by atoms with Gasteiger partial charge in [-0.2, -0.15) is 8.78 Å². The van der Waals surface area contributed by atoms with Crippen molar-refractivity contribution < 1.29 is 42.1 Å². The Kier molecular flexibility index (Phi) is 9.40. The minimum atomic E-state index is -2.97. The lowest BCUT2D eigenvalue weighted by Gasteiger charge is -2.12. The van der Waals surface area contributed by atoms with Crippen molar-refractivity contribution >= 4 is 17.7 Å². The van der Waals surface area contributed by atoms with E-state index >= 15 is 0 Å². The maximum atomic E-state index is 12.3. The van der Waals surface area contributed by atoms with Crippen LogP contribution in [0, 0.1) is 0 Å². The lowest BCUT2D eigenvalue weighted by Crippen LogP contribution is -2.31. The fourth-order valence-corrected chi connectivity index (χ4v) is 2.55. The highest BCUT2D eigenvalue weighted by molar-refractivity contribution is 5.99. The molecule has 0 saturated heterocycles. The van der Waals surface area contributed by atoms with Gasteiger partial charge in [0.05, 0.1) is 13.2 Å². The van der Waals surface area contributed by atoms with Gasteiger partial charge in [-0.3, -0.25) is 14.4 Å². The Balaban J connectivity index is 1.84. The highest BCUT2D eigenvalue weighted by atomic mass is 19.3. The number of Topliss-reactive ketones (excluding diaryl/α,β-unsaturated/α-hetero) is 1. The number of alkyl halides is 2. The summed E-state index contributed by atoms with van der Waals surface area (Å²) in [6.45, 7) is 0.443. The number of ether oxygens (including phenoxy) is 4. The zero-order valence-corrected chi connectivity index (χ0v) is 17.6. The second-order valence-electron chi connectivity index (χ2n) is 6.20. The second kappa shape index (κ2) is 12.2. The lowest BCUT2D eigenvalue weighted by molar-refractivity contribution is -0.141. The Morgan fingerprint density at radius 3 is 2.16 bits per heavy atom. The van der Waals surface area contributed by atoms with E-state index in [4.69, 9.17) is 14.2 Å². The zero-order chi connectivity index (χ0) is 23.5. The minimum Gasteiger partial charge on any atom is -0.490 e. The molecule has 32 heavy (non-hydrogen) atoms. The summed E-state index contributed by atoms with van der Waals surface area (Å²) in [6.07, 6.45) is 0. The van der Waals surface area contributed by atoms with Crippen LogP contribution < -0.4 is 19.5 Å². The monoisotopic (exact) mass is 451 g/mol. The number of carbonyl (C=O) groups excluding carboxylic acids is 3. The average Bonchev–Trinajstić information content (AvgIpc) is 2.77. The van der Waals surface area contributed by atoms with Crippen molar-refractivity contribution in [2.24, 2.45) is 0 Å². The molecule has 0 heterocycles. The van der Waals surface area contributed by atoms with E-state index in [9.17, 15) is 23.2 Å². The summed E-state index contributed by atoms with van der Waals surface area (Å²) < 4.78 is 44.2. The van der Waals surface area contributed by atoms with Gasteiger partial charge in [0.2, 0.25) is 0 Å². The number of halogens is 2. The van der Waals surface area contributed by atoms with Crippen LogP contribution in [-0.2, 0) is 9.53 Å². The van der Waals surface area contributed by atoms with Crippen molar-refractivity contribution in [3.63, 3.8) is 0 Å². The number of esters is 1. The molecule has 1 amide bonds. The smallest absolute Gasteiger partial charge is 0.387 e. The molecule has 0 aliphatic rings. The summed E-state index contributed by atoms with van der Waals surface area (Å²) in [6, 6.07) is 9.58. The Morgan fingerprint density at radius 2 is 1.53 bits per heavy atom. The normalized spacial score (nSPS) is 10.4. The molecule has 0 unspecified atom stereocenters. The first kappa shape index (κ1) is 24.6. The first-order valence-electron chi connectivity index (χ1n) is 9.75. The molecular weight excluding hydrogens is 428 g/mol. The van der Waals surface area contributed by atoms with Gasteiger partial charge in [-0.1, -0.05) is 0 Å². The molecule has 0 radical (unpaired) electrons. The number of hydrogen-bond donors (Lipinski definition) is 1. The third-order valence-corrected chi connectivity index (χ3v) is 3.96. The first-order valence-corrected chi connectivity index (χ1v) is 9.75. The first-order chi connectivity index (χ1) is 15.3. The highest BCUT2D eigenvalue weighted by Crippen LogP contribution is 2.28. The Morgan fingerprint density at radius 1 is 0.906 bits per heavy atom. The number of ketones is 1. The molecule has 0 bridgehead atoms. The van der Waals surface area contributed by atoms with E-state index in [2.05, 4.69) is 10.1 Å². The number of nitrogens with one attached hydrogen (secondary N) is 1. The zero-order valence-electron chi connectivity index (χ0n) is 17.6. The molecule has 2 rings (SSSR count). The molecule has 0 aliphatic heterocycles. The third-order valence-electron chi connectivity index (χ3n) is 3.96. The molecule has 0 aliphatic carbocycles. The highest BCUT2D eigenvalue weighted by Gasteiger charge is 2.15. The van der Waals surface area contributed by atoms with Gasteiger partial charge in [-0.25, -0.2) is 0 Å². The summed E-state index contributed by atoms with van der Waals surface area (Å²) in [5.74, 6) is -1.09. The van der Waals surface area contributed by atoms with Gasteiger partial charge >= 0.3 is 12.6 Å². The van der Waals surface area contributed by atoms with Gasteiger partial charge in [0.25, 0.3) is 5.91 Å². The van der Waals surface area contributed by atoms with Crippen molar-refractivity contribution in [3.05, 3.63) is 53.6 Å². The second-order valence-corrected chi connectivity index (χ2v) is 6.20. The maximum Gasteiger partial charge on any atom is 0.387 e. The lowest BCUT2D eigenvalue weighted by atomic mass is 10.1. The van der Waals surface area contributed by atoms with Crippen molar-refractivity contribution in [2.75, 3.05) is 26.4 Å². The fraction of sp³-hybridized carbons (Fsp3) is 0.318.